The lowest BCUT2D eigenvalue weighted by Crippen LogP contribution is -2.59. The SMILES string of the molecule is COc1ccc2c(O[C@@H]3C[C@H]4C(=O)N[C@]5(C(=O)NS(=O)(=O)C6(C)CC6)C[C@H]5C=CCC[C@@H](C)C[C@@H](C)[C@H](NC(=O)OC(C)(C)C(F)(F)F)C(=O)N4C3)nc(N(C)C)nc2c1. The number of fused-ring (bicyclic) bond motifs is 3. The lowest BCUT2D eigenvalue weighted by atomic mass is 9.88. The molecule has 4 amide bonds. The van der Waals surface area contributed by atoms with Gasteiger partial charge >= 0.3 is 12.3 Å². The van der Waals surface area contributed by atoms with E-state index in [1.165, 1.54) is 18.9 Å². The van der Waals surface area contributed by atoms with Crippen molar-refractivity contribution in [3.63, 3.8) is 0 Å². The smallest absolute Gasteiger partial charge is 0.427 e. The highest BCUT2D eigenvalue weighted by Gasteiger charge is 2.63. The molecular formula is C40H54F3N7O9S. The Labute approximate surface area is 347 Å². The molecule has 1 saturated heterocycles. The van der Waals surface area contributed by atoms with E-state index in [9.17, 15) is 40.8 Å². The number of hydrogen-bond acceptors (Lipinski definition) is 12. The number of anilines is 1. The third-order valence-corrected chi connectivity index (χ3v) is 14.2. The first-order valence-electron chi connectivity index (χ1n) is 20.0. The molecule has 60 heavy (non-hydrogen) atoms. The van der Waals surface area contributed by atoms with Gasteiger partial charge in [-0.2, -0.15) is 18.2 Å². The van der Waals surface area contributed by atoms with E-state index in [1.54, 1.807) is 50.2 Å². The van der Waals surface area contributed by atoms with Gasteiger partial charge in [-0.25, -0.2) is 18.2 Å². The second-order valence-corrected chi connectivity index (χ2v) is 19.8. The Kier molecular flexibility index (Phi) is 12.1. The molecule has 16 nitrogen and oxygen atoms in total. The summed E-state index contributed by atoms with van der Waals surface area (Å²) in [4.78, 5) is 68.6. The summed E-state index contributed by atoms with van der Waals surface area (Å²) in [5.74, 6) is -2.82. The summed E-state index contributed by atoms with van der Waals surface area (Å²) < 4.78 is 85.6. The van der Waals surface area contributed by atoms with E-state index in [0.29, 0.717) is 62.6 Å². The van der Waals surface area contributed by atoms with Crippen molar-refractivity contribution >= 4 is 50.7 Å². The predicted octanol–water partition coefficient (Wildman–Crippen LogP) is 4.37. The van der Waals surface area contributed by atoms with E-state index in [-0.39, 0.29) is 37.1 Å². The molecule has 2 saturated carbocycles. The van der Waals surface area contributed by atoms with Gasteiger partial charge < -0.3 is 34.6 Å². The number of rotatable bonds is 9. The van der Waals surface area contributed by atoms with Crippen molar-refractivity contribution in [1.29, 1.82) is 0 Å². The molecule has 6 rings (SSSR count). The number of nitrogens with zero attached hydrogens (tertiary/aromatic N) is 4. The normalized spacial score (nSPS) is 28.3. The Hall–Kier alpha value is -4.88. The number of carbonyl (C=O) groups is 4. The summed E-state index contributed by atoms with van der Waals surface area (Å²) in [6.45, 7) is 6.29. The maximum absolute atomic E-state index is 14.8. The third kappa shape index (κ3) is 9.07. The lowest BCUT2D eigenvalue weighted by Gasteiger charge is -2.34. The molecule has 0 radical (unpaired) electrons. The summed E-state index contributed by atoms with van der Waals surface area (Å²) in [6, 6.07) is 2.28. The summed E-state index contributed by atoms with van der Waals surface area (Å²) >= 11 is 0. The number of alkyl carbamates (subject to hydrolysis) is 1. The van der Waals surface area contributed by atoms with Crippen molar-refractivity contribution in [3.05, 3.63) is 30.4 Å². The fourth-order valence-electron chi connectivity index (χ4n) is 7.69. The van der Waals surface area contributed by atoms with E-state index >= 15 is 0 Å². The van der Waals surface area contributed by atoms with Crippen molar-refractivity contribution in [3.8, 4) is 11.6 Å². The van der Waals surface area contributed by atoms with E-state index in [2.05, 4.69) is 25.3 Å². The highest BCUT2D eigenvalue weighted by Crippen LogP contribution is 2.48. The molecule has 1 aromatic carbocycles. The lowest BCUT2D eigenvalue weighted by molar-refractivity contribution is -0.244. The minimum Gasteiger partial charge on any atom is -0.497 e. The standard InChI is InChI=1S/C40H54F3N7O9S/c1-22-11-9-10-12-24-20-39(24,34(53)48-60(55,56)38(5)15-16-38)47-31(51)29-19-26(58-32-27-14-13-25(57-8)18-28(27)44-35(46-32)49(6)7)21-50(29)33(52)30(23(2)17-22)45-36(54)59-37(3,4)40(41,42)43/h10,12-14,18,22-24,26,29-30H,9,11,15-17,19-21H2,1-8H3,(H,45,54)(H,47,51)(H,48,53)/t22-,23-,24-,26-,29+,30+,39-/m1/s1. The van der Waals surface area contributed by atoms with E-state index in [4.69, 9.17) is 14.2 Å². The van der Waals surface area contributed by atoms with Gasteiger partial charge in [0.05, 0.1) is 29.3 Å². The Morgan fingerprint density at radius 1 is 1.08 bits per heavy atom. The number of hydrogen-bond donors (Lipinski definition) is 3. The molecule has 0 unspecified atom stereocenters. The van der Waals surface area contributed by atoms with Gasteiger partial charge in [-0.1, -0.05) is 26.0 Å². The van der Waals surface area contributed by atoms with E-state index in [1.807, 2.05) is 13.0 Å². The van der Waals surface area contributed by atoms with Gasteiger partial charge in [0.2, 0.25) is 39.3 Å². The van der Waals surface area contributed by atoms with Crippen molar-refractivity contribution in [2.45, 2.75) is 120 Å². The number of nitrogens with one attached hydrogen (secondary N) is 3. The average Bonchev–Trinajstić information content (AvgIpc) is 4.04. The van der Waals surface area contributed by atoms with Crippen LogP contribution >= 0.6 is 0 Å². The molecule has 3 N–H and O–H groups in total. The average molecular weight is 866 g/mol. The van der Waals surface area contributed by atoms with Crippen molar-refractivity contribution in [2.24, 2.45) is 17.8 Å². The number of benzene rings is 1. The molecule has 1 aromatic heterocycles. The highest BCUT2D eigenvalue weighted by molar-refractivity contribution is 7.91. The second kappa shape index (κ2) is 16.2. The zero-order valence-electron chi connectivity index (χ0n) is 35.0. The van der Waals surface area contributed by atoms with Crippen LogP contribution < -0.4 is 29.7 Å². The highest BCUT2D eigenvalue weighted by atomic mass is 32.2. The number of allylic oxidation sites excluding steroid dienone is 1. The fourth-order valence-corrected chi connectivity index (χ4v) is 9.00. The molecule has 20 heteroatoms. The fraction of sp³-hybridized carbons (Fsp3) is 0.650. The zero-order chi connectivity index (χ0) is 44.2. The van der Waals surface area contributed by atoms with Gasteiger partial charge in [-0.15, -0.1) is 0 Å². The number of ether oxygens (including phenoxy) is 3. The molecule has 330 valence electrons. The van der Waals surface area contributed by atoms with Crippen LogP contribution in [0.15, 0.2) is 30.4 Å². The molecule has 3 heterocycles. The van der Waals surface area contributed by atoms with Crippen molar-refractivity contribution in [2.75, 3.05) is 32.6 Å². The number of aromatic nitrogens is 2. The topological polar surface area (TPSA) is 198 Å². The van der Waals surface area contributed by atoms with Crippen LogP contribution in [0.4, 0.5) is 23.9 Å². The quantitative estimate of drug-likeness (QED) is 0.302. The number of carbonyl (C=O) groups excluding carboxylic acids is 4. The Morgan fingerprint density at radius 3 is 2.42 bits per heavy atom. The minimum atomic E-state index is -4.92. The Bertz CT molecular complexity index is 2160. The first kappa shape index (κ1) is 44.7. The maximum Gasteiger partial charge on any atom is 0.427 e. The summed E-state index contributed by atoms with van der Waals surface area (Å²) in [6.07, 6.45) is -1.49. The molecule has 2 aromatic rings. The van der Waals surface area contributed by atoms with Gasteiger partial charge in [0.1, 0.15) is 29.5 Å². The Balaban J connectivity index is 1.38. The second-order valence-electron chi connectivity index (χ2n) is 17.6. The van der Waals surface area contributed by atoms with Gasteiger partial charge in [0.25, 0.3) is 5.91 Å². The number of halogens is 3. The molecule has 4 aliphatic rings. The Morgan fingerprint density at radius 2 is 1.78 bits per heavy atom. The molecule has 2 aliphatic carbocycles. The van der Waals surface area contributed by atoms with Gasteiger partial charge in [-0.05, 0) is 83.3 Å². The number of sulfonamides is 1. The molecule has 3 fully saturated rings. The van der Waals surface area contributed by atoms with Crippen molar-refractivity contribution in [1.82, 2.24) is 30.2 Å². The summed E-state index contributed by atoms with van der Waals surface area (Å²) in [5, 5.41) is 5.68. The predicted molar refractivity (Wildman–Crippen MR) is 213 cm³/mol. The third-order valence-electron chi connectivity index (χ3n) is 12.1. The van der Waals surface area contributed by atoms with Crippen LogP contribution in [0.5, 0.6) is 11.6 Å². The molecular weight excluding hydrogens is 812 g/mol. The molecule has 0 spiro atoms. The van der Waals surface area contributed by atoms with Gasteiger partial charge in [-0.3, -0.25) is 19.1 Å². The molecule has 7 atom stereocenters. The van der Waals surface area contributed by atoms with Crippen LogP contribution in [0.25, 0.3) is 10.9 Å². The number of methoxy groups -OCH3 is 1. The zero-order valence-corrected chi connectivity index (χ0v) is 35.8. The van der Waals surface area contributed by atoms with Crippen LogP contribution in [-0.4, -0.2) is 115 Å². The number of amides is 4. The first-order valence-corrected chi connectivity index (χ1v) is 21.5. The van der Waals surface area contributed by atoms with Crippen LogP contribution in [0.1, 0.15) is 79.6 Å². The summed E-state index contributed by atoms with van der Waals surface area (Å²) in [7, 11) is 0.887. The van der Waals surface area contributed by atoms with E-state index in [0.717, 1.165) is 0 Å². The first-order chi connectivity index (χ1) is 27.9. The van der Waals surface area contributed by atoms with Crippen LogP contribution in [0.2, 0.25) is 0 Å². The largest absolute Gasteiger partial charge is 0.497 e. The monoisotopic (exact) mass is 865 g/mol. The van der Waals surface area contributed by atoms with Crippen LogP contribution in [0, 0.1) is 17.8 Å². The van der Waals surface area contributed by atoms with Crippen LogP contribution in [0.3, 0.4) is 0 Å². The minimum absolute atomic E-state index is 0.0491. The molecule has 2 aliphatic heterocycles. The van der Waals surface area contributed by atoms with Crippen molar-refractivity contribution < 1.29 is 55.0 Å². The maximum atomic E-state index is 14.8. The summed E-state index contributed by atoms with van der Waals surface area (Å²) in [5.41, 5.74) is -4.08. The van der Waals surface area contributed by atoms with Gasteiger partial charge in [0, 0.05) is 32.5 Å². The molecule has 0 bridgehead atoms. The van der Waals surface area contributed by atoms with Crippen LogP contribution in [-0.2, 0) is 29.1 Å². The number of alkyl halides is 3. The van der Waals surface area contributed by atoms with E-state index < -0.39 is 85.9 Å². The van der Waals surface area contributed by atoms with Gasteiger partial charge in [0.15, 0.2) is 0 Å².